The highest BCUT2D eigenvalue weighted by Crippen LogP contribution is 2.29. The summed E-state index contributed by atoms with van der Waals surface area (Å²) in [5.74, 6) is -1.44. The number of carbonyl (C=O) groups is 2. The first kappa shape index (κ1) is 20.5. The Bertz CT molecular complexity index is 1030. The molecule has 0 spiro atoms. The summed E-state index contributed by atoms with van der Waals surface area (Å²) in [5, 5.41) is 20.3. The molecule has 0 bridgehead atoms. The average molecular weight is 406 g/mol. The molecule has 2 aromatic rings. The number of aliphatic hydroxyl groups is 2. The lowest BCUT2D eigenvalue weighted by molar-refractivity contribution is -0.131. The summed E-state index contributed by atoms with van der Waals surface area (Å²) >= 11 is 0. The predicted molar refractivity (Wildman–Crippen MR) is 95.3 cm³/mol. The van der Waals surface area contributed by atoms with Crippen LogP contribution in [0.25, 0.3) is 0 Å². The first-order chi connectivity index (χ1) is 13.8. The van der Waals surface area contributed by atoms with Gasteiger partial charge in [-0.2, -0.15) is 0 Å². The second-order valence-corrected chi connectivity index (χ2v) is 6.25. The maximum absolute atomic E-state index is 12.3. The van der Waals surface area contributed by atoms with Crippen molar-refractivity contribution in [3.05, 3.63) is 62.9 Å². The molecule has 0 saturated carbocycles. The molecule has 1 fully saturated rings. The molecule has 11 heteroatoms. The number of ether oxygens (including phenoxy) is 3. The van der Waals surface area contributed by atoms with E-state index in [2.05, 4.69) is 0 Å². The Morgan fingerprint density at radius 2 is 1.90 bits per heavy atom. The van der Waals surface area contributed by atoms with Gasteiger partial charge in [0.15, 0.2) is 6.23 Å². The lowest BCUT2D eigenvalue weighted by Crippen LogP contribution is -2.37. The van der Waals surface area contributed by atoms with Crippen molar-refractivity contribution < 1.29 is 34.0 Å². The van der Waals surface area contributed by atoms with Crippen molar-refractivity contribution in [3.63, 3.8) is 0 Å². The Morgan fingerprint density at radius 3 is 2.59 bits per heavy atom. The smallest absolute Gasteiger partial charge is 0.342 e. The number of carbonyl (C=O) groups excluding carboxylic acids is 2. The lowest BCUT2D eigenvalue weighted by atomic mass is 10.1. The topological polar surface area (TPSA) is 157 Å². The number of H-pyrrole nitrogens is 1. The monoisotopic (exact) mass is 406 g/mol. The Hall–Kier alpha value is -3.28. The zero-order chi connectivity index (χ0) is 21.1. The molecule has 1 aliphatic heterocycles. The van der Waals surface area contributed by atoms with E-state index < -0.39 is 54.3 Å². The van der Waals surface area contributed by atoms with E-state index in [1.807, 2.05) is 4.98 Å². The molecule has 0 amide bonds. The number of hydrogen-bond donors (Lipinski definition) is 3. The minimum absolute atomic E-state index is 0.00981. The summed E-state index contributed by atoms with van der Waals surface area (Å²) in [6, 6.07) is 6.99. The zero-order valence-corrected chi connectivity index (χ0v) is 15.2. The van der Waals surface area contributed by atoms with Crippen LogP contribution >= 0.6 is 0 Å². The summed E-state index contributed by atoms with van der Waals surface area (Å²) in [4.78, 5) is 48.5. The molecule has 0 aliphatic carbocycles. The van der Waals surface area contributed by atoms with Crippen molar-refractivity contribution in [3.8, 4) is 5.75 Å². The molecule has 3 N–H and O–H groups in total. The van der Waals surface area contributed by atoms with Crippen LogP contribution in [0.4, 0.5) is 0 Å². The summed E-state index contributed by atoms with van der Waals surface area (Å²) in [6.45, 7) is 0.741. The highest BCUT2D eigenvalue weighted by molar-refractivity contribution is 5.93. The van der Waals surface area contributed by atoms with Gasteiger partial charge in [0.2, 0.25) is 0 Å². The quantitative estimate of drug-likeness (QED) is 0.416. The van der Waals surface area contributed by atoms with Crippen LogP contribution in [0.1, 0.15) is 23.5 Å². The first-order valence-electron chi connectivity index (χ1n) is 8.55. The minimum Gasteiger partial charge on any atom is -0.459 e. The highest BCUT2D eigenvalue weighted by atomic mass is 16.6. The number of nitrogens with one attached hydrogen (secondary N) is 1. The van der Waals surface area contributed by atoms with Crippen molar-refractivity contribution in [2.45, 2.75) is 31.5 Å². The van der Waals surface area contributed by atoms with Crippen LogP contribution in [-0.4, -0.2) is 56.6 Å². The number of hydrogen-bond acceptors (Lipinski definition) is 9. The van der Waals surface area contributed by atoms with Gasteiger partial charge in [0, 0.05) is 19.2 Å². The van der Waals surface area contributed by atoms with Crippen molar-refractivity contribution in [1.29, 1.82) is 0 Å². The van der Waals surface area contributed by atoms with E-state index in [0.29, 0.717) is 0 Å². The minimum atomic E-state index is -1.50. The van der Waals surface area contributed by atoms with Crippen LogP contribution in [0.3, 0.4) is 0 Å². The fraction of sp³-hybridized carbons (Fsp3) is 0.333. The molecular formula is C18H18N2O9. The van der Waals surface area contributed by atoms with Crippen LogP contribution in [0.5, 0.6) is 5.75 Å². The van der Waals surface area contributed by atoms with Gasteiger partial charge < -0.3 is 24.4 Å². The molecule has 11 nitrogen and oxygen atoms in total. The largest absolute Gasteiger partial charge is 0.459 e. The van der Waals surface area contributed by atoms with E-state index in [4.69, 9.17) is 14.2 Å². The van der Waals surface area contributed by atoms with Crippen LogP contribution in [0.15, 0.2) is 46.1 Å². The lowest BCUT2D eigenvalue weighted by Gasteiger charge is -2.16. The molecule has 29 heavy (non-hydrogen) atoms. The number of nitrogens with zero attached hydrogens (tertiary/aromatic N) is 1. The molecule has 3 rings (SSSR count). The SMILES string of the molecule is CC(=O)Oc1ccccc1C(=O)OC[C@H]1O[C@@H](n2ccc(=O)[nH]c2=O)[C@H](O)[C@@H]1O. The third-order valence-corrected chi connectivity index (χ3v) is 4.20. The fourth-order valence-electron chi connectivity index (χ4n) is 2.84. The van der Waals surface area contributed by atoms with Gasteiger partial charge in [-0.15, -0.1) is 0 Å². The summed E-state index contributed by atoms with van der Waals surface area (Å²) < 4.78 is 16.4. The van der Waals surface area contributed by atoms with E-state index in [0.717, 1.165) is 16.8 Å². The normalized spacial score (nSPS) is 23.6. The van der Waals surface area contributed by atoms with Gasteiger partial charge in [0.05, 0.1) is 0 Å². The highest BCUT2D eigenvalue weighted by Gasteiger charge is 2.44. The third-order valence-electron chi connectivity index (χ3n) is 4.20. The van der Waals surface area contributed by atoms with Crippen LogP contribution in [0.2, 0.25) is 0 Å². The van der Waals surface area contributed by atoms with Crippen LogP contribution < -0.4 is 16.0 Å². The molecule has 1 saturated heterocycles. The molecule has 1 aromatic carbocycles. The second kappa shape index (κ2) is 8.39. The van der Waals surface area contributed by atoms with Crippen molar-refractivity contribution >= 4 is 11.9 Å². The number of esters is 2. The van der Waals surface area contributed by atoms with Gasteiger partial charge in [0.25, 0.3) is 5.56 Å². The number of aromatic nitrogens is 2. The maximum Gasteiger partial charge on any atom is 0.342 e. The van der Waals surface area contributed by atoms with Gasteiger partial charge in [0.1, 0.15) is 36.2 Å². The number of rotatable bonds is 5. The zero-order valence-electron chi connectivity index (χ0n) is 15.2. The van der Waals surface area contributed by atoms with Gasteiger partial charge in [-0.3, -0.25) is 19.1 Å². The van der Waals surface area contributed by atoms with Crippen molar-refractivity contribution in [2.24, 2.45) is 0 Å². The molecule has 1 aliphatic rings. The molecule has 2 heterocycles. The van der Waals surface area contributed by atoms with Crippen LogP contribution in [-0.2, 0) is 14.3 Å². The van der Waals surface area contributed by atoms with E-state index >= 15 is 0 Å². The van der Waals surface area contributed by atoms with Gasteiger partial charge in [-0.1, -0.05) is 12.1 Å². The molecular weight excluding hydrogens is 388 g/mol. The Labute approximate surface area is 163 Å². The molecule has 4 atom stereocenters. The Balaban J connectivity index is 1.70. The second-order valence-electron chi connectivity index (χ2n) is 6.25. The number of aromatic amines is 1. The Kier molecular flexibility index (Phi) is 5.92. The molecule has 1 aromatic heterocycles. The van der Waals surface area contributed by atoms with Gasteiger partial charge in [-0.25, -0.2) is 9.59 Å². The number of aliphatic hydroxyl groups excluding tert-OH is 2. The first-order valence-corrected chi connectivity index (χ1v) is 8.55. The average Bonchev–Trinajstić information content (AvgIpc) is 2.94. The number of benzene rings is 1. The summed E-state index contributed by atoms with van der Waals surface area (Å²) in [6.07, 6.45) is -4.28. The molecule has 0 unspecified atom stereocenters. The fourth-order valence-corrected chi connectivity index (χ4v) is 2.84. The van der Waals surface area contributed by atoms with Gasteiger partial charge in [-0.05, 0) is 12.1 Å². The van der Waals surface area contributed by atoms with Crippen molar-refractivity contribution in [1.82, 2.24) is 9.55 Å². The Morgan fingerprint density at radius 1 is 1.17 bits per heavy atom. The van der Waals surface area contributed by atoms with E-state index in [9.17, 15) is 29.4 Å². The molecule has 0 radical (unpaired) electrons. The van der Waals surface area contributed by atoms with Crippen molar-refractivity contribution in [2.75, 3.05) is 6.61 Å². The van der Waals surface area contributed by atoms with E-state index in [-0.39, 0.29) is 11.3 Å². The summed E-state index contributed by atoms with van der Waals surface area (Å²) in [7, 11) is 0. The molecule has 154 valence electrons. The number of para-hydroxylation sites is 1. The van der Waals surface area contributed by atoms with E-state index in [1.54, 1.807) is 12.1 Å². The maximum atomic E-state index is 12.3. The third kappa shape index (κ3) is 4.42. The van der Waals surface area contributed by atoms with Gasteiger partial charge >= 0.3 is 17.6 Å². The van der Waals surface area contributed by atoms with Crippen LogP contribution in [0, 0.1) is 0 Å². The standard InChI is InChI=1S/C18H18N2O9/c1-9(21)28-11-5-3-2-4-10(11)17(25)27-8-12-14(23)15(24)16(29-12)20-7-6-13(22)19-18(20)26/h2-7,12,14-16,23-24H,8H2,1H3,(H,19,22,26)/t12-,14-,15-,16-/m1/s1. The predicted octanol–water partition coefficient (Wildman–Crippen LogP) is -1.06. The summed E-state index contributed by atoms with van der Waals surface area (Å²) in [5.41, 5.74) is -1.47. The van der Waals surface area contributed by atoms with E-state index in [1.165, 1.54) is 19.1 Å².